The molecule has 2 aromatic carbocycles. The number of carboxylic acid groups (broad SMARTS) is 1. The molecule has 35 heavy (non-hydrogen) atoms. The highest BCUT2D eigenvalue weighted by atomic mass is 32.2. The molecule has 0 aliphatic heterocycles. The van der Waals surface area contributed by atoms with Crippen molar-refractivity contribution in [2.24, 2.45) is 0 Å². The van der Waals surface area contributed by atoms with Crippen LogP contribution in [0.3, 0.4) is 0 Å². The number of hydrogen-bond acceptors (Lipinski definition) is 7. The molecule has 0 aliphatic rings. The van der Waals surface area contributed by atoms with Crippen molar-refractivity contribution >= 4 is 38.2 Å². The largest absolute Gasteiger partial charge is 0.494 e. The van der Waals surface area contributed by atoms with Gasteiger partial charge in [0, 0.05) is 22.9 Å². The Bertz CT molecular complexity index is 1490. The van der Waals surface area contributed by atoms with Crippen LogP contribution >= 0.6 is 11.3 Å². The van der Waals surface area contributed by atoms with E-state index >= 15 is 0 Å². The van der Waals surface area contributed by atoms with E-state index in [9.17, 15) is 13.2 Å². The molecule has 0 aliphatic carbocycles. The molecule has 1 N–H and O–H groups in total. The van der Waals surface area contributed by atoms with Gasteiger partial charge in [-0.2, -0.15) is 8.42 Å². The smallest absolute Gasteiger partial charge is 0.303 e. The minimum atomic E-state index is -3.93. The third kappa shape index (κ3) is 4.85. The molecule has 0 bridgehead atoms. The second-order valence-electron chi connectivity index (χ2n) is 7.65. The molecule has 2 heterocycles. The van der Waals surface area contributed by atoms with E-state index in [0.717, 1.165) is 21.8 Å². The molecule has 10 heteroatoms. The Hall–Kier alpha value is -3.50. The van der Waals surface area contributed by atoms with Gasteiger partial charge in [-0.15, -0.1) is 11.3 Å². The van der Waals surface area contributed by atoms with E-state index < -0.39 is 16.0 Å². The molecule has 0 atom stereocenters. The van der Waals surface area contributed by atoms with Gasteiger partial charge in [0.1, 0.15) is 9.96 Å². The fourth-order valence-corrected chi connectivity index (χ4v) is 6.62. The van der Waals surface area contributed by atoms with E-state index in [1.165, 1.54) is 10.2 Å². The van der Waals surface area contributed by atoms with Crippen molar-refractivity contribution in [3.8, 4) is 27.7 Å². The van der Waals surface area contributed by atoms with E-state index in [2.05, 4.69) is 0 Å². The number of nitrogens with zero attached hydrogens (tertiary/aromatic N) is 1. The Balaban J connectivity index is 1.77. The van der Waals surface area contributed by atoms with Gasteiger partial charge in [0.05, 0.1) is 26.3 Å². The topological polar surface area (TPSA) is 104 Å². The molecule has 8 nitrogen and oxygen atoms in total. The van der Waals surface area contributed by atoms with E-state index in [4.69, 9.17) is 19.3 Å². The first-order valence-electron chi connectivity index (χ1n) is 10.8. The number of methoxy groups -OCH3 is 2. The number of rotatable bonds is 10. The molecule has 4 rings (SSSR count). The van der Waals surface area contributed by atoms with Crippen LogP contribution in [0.2, 0.25) is 0 Å². The molecule has 0 saturated carbocycles. The summed E-state index contributed by atoms with van der Waals surface area (Å²) in [6, 6.07) is 13.9. The molecular weight excluding hydrogens is 490 g/mol. The number of benzene rings is 2. The summed E-state index contributed by atoms with van der Waals surface area (Å²) in [4.78, 5) is 11.9. The third-order valence-electron chi connectivity index (χ3n) is 5.51. The Morgan fingerprint density at radius 2 is 1.80 bits per heavy atom. The van der Waals surface area contributed by atoms with Gasteiger partial charge in [-0.3, -0.25) is 4.79 Å². The highest BCUT2D eigenvalue weighted by Gasteiger charge is 2.24. The van der Waals surface area contributed by atoms with Gasteiger partial charge >= 0.3 is 5.97 Å². The van der Waals surface area contributed by atoms with Crippen LogP contribution in [0, 0.1) is 0 Å². The SMILES string of the molecule is CCOc1ccc2c(c1)c(CCC(=O)O)cn2S(=O)(=O)c1ccc(-c2ccc(OC)c(OC)c2)s1. The maximum absolute atomic E-state index is 13.7. The monoisotopic (exact) mass is 515 g/mol. The molecule has 0 amide bonds. The maximum Gasteiger partial charge on any atom is 0.303 e. The molecule has 2 aromatic heterocycles. The van der Waals surface area contributed by atoms with Gasteiger partial charge in [-0.1, -0.05) is 0 Å². The van der Waals surface area contributed by atoms with Gasteiger partial charge in [-0.25, -0.2) is 3.97 Å². The zero-order chi connectivity index (χ0) is 25.2. The predicted octanol–water partition coefficient (Wildman–Crippen LogP) is 5.04. The summed E-state index contributed by atoms with van der Waals surface area (Å²) in [6.45, 7) is 2.32. The van der Waals surface area contributed by atoms with E-state index in [-0.39, 0.29) is 17.1 Å². The van der Waals surface area contributed by atoms with Crippen molar-refractivity contribution in [3.05, 3.63) is 60.3 Å². The Labute approximate surface area is 207 Å². The molecule has 184 valence electrons. The number of fused-ring (bicyclic) bond motifs is 1. The lowest BCUT2D eigenvalue weighted by Gasteiger charge is -2.09. The van der Waals surface area contributed by atoms with Crippen LogP contribution in [-0.2, 0) is 21.2 Å². The lowest BCUT2D eigenvalue weighted by Crippen LogP contribution is -2.10. The molecule has 4 aromatic rings. The van der Waals surface area contributed by atoms with Crippen molar-refractivity contribution in [2.75, 3.05) is 20.8 Å². The standard InChI is InChI=1S/C25H25NO7S2/c1-4-33-18-7-8-20-19(14-18)17(6-11-24(27)28)15-26(20)35(29,30)25-12-10-23(34-25)16-5-9-21(31-2)22(13-16)32-3/h5,7-10,12-15H,4,6,11H2,1-3H3,(H,27,28). The zero-order valence-electron chi connectivity index (χ0n) is 19.5. The van der Waals surface area contributed by atoms with Crippen LogP contribution in [0.25, 0.3) is 21.3 Å². The summed E-state index contributed by atoms with van der Waals surface area (Å²) in [5, 5.41) is 9.80. The second-order valence-corrected chi connectivity index (χ2v) is 10.8. The van der Waals surface area contributed by atoms with Gasteiger partial charge in [0.15, 0.2) is 11.5 Å². The lowest BCUT2D eigenvalue weighted by atomic mass is 10.1. The predicted molar refractivity (Wildman–Crippen MR) is 135 cm³/mol. The number of carbonyl (C=O) groups is 1. The third-order valence-corrected chi connectivity index (χ3v) is 8.78. The number of ether oxygens (including phenoxy) is 3. The van der Waals surface area contributed by atoms with Gasteiger partial charge in [0.25, 0.3) is 10.0 Å². The number of carboxylic acids is 1. The van der Waals surface area contributed by atoms with Crippen molar-refractivity contribution in [3.63, 3.8) is 0 Å². The Kier molecular flexibility index (Phi) is 7.04. The highest BCUT2D eigenvalue weighted by molar-refractivity contribution is 7.92. The summed E-state index contributed by atoms with van der Waals surface area (Å²) in [6.07, 6.45) is 1.60. The molecule has 0 spiro atoms. The normalized spacial score (nSPS) is 11.5. The Morgan fingerprint density at radius 3 is 2.49 bits per heavy atom. The number of aromatic nitrogens is 1. The van der Waals surface area contributed by atoms with Crippen molar-refractivity contribution in [1.29, 1.82) is 0 Å². The van der Waals surface area contributed by atoms with Crippen LogP contribution in [0.4, 0.5) is 0 Å². The van der Waals surface area contributed by atoms with Crippen LogP contribution in [0.1, 0.15) is 18.9 Å². The first-order valence-corrected chi connectivity index (χ1v) is 13.1. The molecule has 0 fully saturated rings. The van der Waals surface area contributed by atoms with Gasteiger partial charge in [0.2, 0.25) is 0 Å². The summed E-state index contributed by atoms with van der Waals surface area (Å²) < 4.78 is 44.9. The summed E-state index contributed by atoms with van der Waals surface area (Å²) in [5.41, 5.74) is 1.90. The highest BCUT2D eigenvalue weighted by Crippen LogP contribution is 2.38. The number of hydrogen-bond donors (Lipinski definition) is 1. The van der Waals surface area contributed by atoms with E-state index in [1.54, 1.807) is 56.7 Å². The van der Waals surface area contributed by atoms with E-state index in [0.29, 0.717) is 40.3 Å². The zero-order valence-corrected chi connectivity index (χ0v) is 21.1. The quantitative estimate of drug-likeness (QED) is 0.316. The minimum Gasteiger partial charge on any atom is -0.494 e. The summed E-state index contributed by atoms with van der Waals surface area (Å²) in [5.74, 6) is 0.776. The summed E-state index contributed by atoms with van der Waals surface area (Å²) in [7, 11) is -0.837. The van der Waals surface area contributed by atoms with Crippen molar-refractivity contribution < 1.29 is 32.5 Å². The molecular formula is C25H25NO7S2. The van der Waals surface area contributed by atoms with Gasteiger partial charge < -0.3 is 19.3 Å². The minimum absolute atomic E-state index is 0.111. The Morgan fingerprint density at radius 1 is 1.03 bits per heavy atom. The average molecular weight is 516 g/mol. The average Bonchev–Trinajstić information content (AvgIpc) is 3.48. The molecule has 0 radical (unpaired) electrons. The number of aryl methyl sites for hydroxylation is 1. The number of thiophene rings is 1. The van der Waals surface area contributed by atoms with Crippen LogP contribution in [-0.4, -0.2) is 44.3 Å². The maximum atomic E-state index is 13.7. The first kappa shape index (κ1) is 24.6. The second kappa shape index (κ2) is 10.0. The van der Waals surface area contributed by atoms with Crippen LogP contribution in [0.5, 0.6) is 17.2 Å². The number of aliphatic carboxylic acids is 1. The van der Waals surface area contributed by atoms with Crippen molar-refractivity contribution in [1.82, 2.24) is 3.97 Å². The molecule has 0 unspecified atom stereocenters. The van der Waals surface area contributed by atoms with Crippen LogP contribution < -0.4 is 14.2 Å². The van der Waals surface area contributed by atoms with Crippen molar-refractivity contribution in [2.45, 2.75) is 24.0 Å². The fraction of sp³-hybridized carbons (Fsp3) is 0.240. The van der Waals surface area contributed by atoms with Gasteiger partial charge in [-0.05, 0) is 73.0 Å². The summed E-state index contributed by atoms with van der Waals surface area (Å²) >= 11 is 1.14. The molecule has 0 saturated heterocycles. The van der Waals surface area contributed by atoms with Crippen LogP contribution in [0.15, 0.2) is 58.9 Å². The first-order chi connectivity index (χ1) is 16.8. The fourth-order valence-electron chi connectivity index (χ4n) is 3.84. The lowest BCUT2D eigenvalue weighted by molar-refractivity contribution is -0.136. The van der Waals surface area contributed by atoms with E-state index in [1.807, 2.05) is 13.0 Å².